The molecule has 0 fully saturated rings. The van der Waals surface area contributed by atoms with Crippen LogP contribution in [0.4, 0.5) is 5.69 Å². The Bertz CT molecular complexity index is 1030. The van der Waals surface area contributed by atoms with Gasteiger partial charge in [0.15, 0.2) is 0 Å². The molecule has 4 nitrogen and oxygen atoms in total. The molecule has 3 aromatic rings. The maximum absolute atomic E-state index is 12.5. The summed E-state index contributed by atoms with van der Waals surface area (Å²) in [4.78, 5) is 24.7. The van der Waals surface area contributed by atoms with Crippen LogP contribution in [0.3, 0.4) is 0 Å². The van der Waals surface area contributed by atoms with Crippen LogP contribution in [0.25, 0.3) is 0 Å². The first-order chi connectivity index (χ1) is 12.4. The molecule has 6 heteroatoms. The van der Waals surface area contributed by atoms with E-state index in [-0.39, 0.29) is 11.5 Å². The summed E-state index contributed by atoms with van der Waals surface area (Å²) in [5, 5.41) is 3.56. The number of amides is 1. The van der Waals surface area contributed by atoms with Crippen LogP contribution >= 0.6 is 23.2 Å². The lowest BCUT2D eigenvalue weighted by Gasteiger charge is -2.11. The highest BCUT2D eigenvalue weighted by molar-refractivity contribution is 6.36. The highest BCUT2D eigenvalue weighted by atomic mass is 35.5. The molecule has 0 unspecified atom stereocenters. The van der Waals surface area contributed by atoms with Gasteiger partial charge in [-0.05, 0) is 42.3 Å². The lowest BCUT2D eigenvalue weighted by atomic mass is 10.1. The van der Waals surface area contributed by atoms with E-state index in [9.17, 15) is 9.59 Å². The first-order valence-corrected chi connectivity index (χ1v) is 8.71. The molecular formula is C20H16Cl2N2O2. The highest BCUT2D eigenvalue weighted by Gasteiger charge is 2.11. The van der Waals surface area contributed by atoms with Crippen molar-refractivity contribution in [3.8, 4) is 0 Å². The van der Waals surface area contributed by atoms with Gasteiger partial charge in [-0.3, -0.25) is 9.59 Å². The molecule has 0 aliphatic rings. The normalized spacial score (nSPS) is 10.6. The summed E-state index contributed by atoms with van der Waals surface area (Å²) >= 11 is 12.0. The number of anilines is 1. The monoisotopic (exact) mass is 386 g/mol. The van der Waals surface area contributed by atoms with Crippen molar-refractivity contribution in [3.63, 3.8) is 0 Å². The molecule has 132 valence electrons. The van der Waals surface area contributed by atoms with Crippen LogP contribution in [0.1, 0.15) is 21.5 Å². The molecule has 26 heavy (non-hydrogen) atoms. The van der Waals surface area contributed by atoms with Gasteiger partial charge in [0.2, 0.25) is 0 Å². The zero-order valence-corrected chi connectivity index (χ0v) is 15.5. The Hall–Kier alpha value is -2.56. The van der Waals surface area contributed by atoms with Crippen LogP contribution in [0.15, 0.2) is 65.6 Å². The number of halogens is 2. The van der Waals surface area contributed by atoms with E-state index in [0.29, 0.717) is 27.8 Å². The topological polar surface area (TPSA) is 51.1 Å². The molecule has 0 saturated carbocycles. The van der Waals surface area contributed by atoms with E-state index in [2.05, 4.69) is 5.32 Å². The number of nitrogens with one attached hydrogen (secondary N) is 1. The van der Waals surface area contributed by atoms with Gasteiger partial charge >= 0.3 is 0 Å². The minimum Gasteiger partial charge on any atom is -0.321 e. The van der Waals surface area contributed by atoms with Gasteiger partial charge in [-0.25, -0.2) is 0 Å². The van der Waals surface area contributed by atoms with Crippen molar-refractivity contribution in [1.82, 2.24) is 4.57 Å². The van der Waals surface area contributed by atoms with E-state index in [1.807, 2.05) is 31.2 Å². The number of aryl methyl sites for hydroxylation is 1. The van der Waals surface area contributed by atoms with Crippen LogP contribution in [0.5, 0.6) is 0 Å². The number of rotatable bonds is 4. The second kappa shape index (κ2) is 7.77. The van der Waals surface area contributed by atoms with Gasteiger partial charge in [0.1, 0.15) is 0 Å². The Morgan fingerprint density at radius 3 is 2.58 bits per heavy atom. The number of aromatic nitrogens is 1. The maximum Gasteiger partial charge on any atom is 0.257 e. The molecule has 0 spiro atoms. The smallest absolute Gasteiger partial charge is 0.257 e. The minimum absolute atomic E-state index is 0.172. The molecule has 0 aliphatic carbocycles. The first-order valence-electron chi connectivity index (χ1n) is 7.95. The summed E-state index contributed by atoms with van der Waals surface area (Å²) in [6.07, 6.45) is 1.55. The lowest BCUT2D eigenvalue weighted by Crippen LogP contribution is -2.23. The summed E-state index contributed by atoms with van der Waals surface area (Å²) in [5.74, 6) is -0.354. The molecular weight excluding hydrogens is 371 g/mol. The SMILES string of the molecule is Cc1ccccc1Cn1cc(C(=O)Nc2ccc(Cl)cc2Cl)ccc1=O. The van der Waals surface area contributed by atoms with Crippen molar-refractivity contribution in [2.45, 2.75) is 13.5 Å². The van der Waals surface area contributed by atoms with Crippen molar-refractivity contribution in [3.05, 3.63) is 97.9 Å². The summed E-state index contributed by atoms with van der Waals surface area (Å²) in [6.45, 7) is 2.38. The zero-order chi connectivity index (χ0) is 18.7. The molecule has 0 saturated heterocycles. The van der Waals surface area contributed by atoms with Crippen molar-refractivity contribution in [2.24, 2.45) is 0 Å². The number of carbonyl (C=O) groups excluding carboxylic acids is 1. The Morgan fingerprint density at radius 2 is 1.85 bits per heavy atom. The quantitative estimate of drug-likeness (QED) is 0.702. The molecule has 1 amide bonds. The summed E-state index contributed by atoms with van der Waals surface area (Å²) in [5.41, 5.74) is 2.76. The number of benzene rings is 2. The van der Waals surface area contributed by atoms with Crippen LogP contribution in [-0.2, 0) is 6.54 Å². The molecule has 0 radical (unpaired) electrons. The highest BCUT2D eigenvalue weighted by Crippen LogP contribution is 2.25. The van der Waals surface area contributed by atoms with Crippen LogP contribution in [-0.4, -0.2) is 10.5 Å². The molecule has 1 heterocycles. The summed E-state index contributed by atoms with van der Waals surface area (Å²) in [6, 6.07) is 15.5. The third-order valence-electron chi connectivity index (χ3n) is 4.03. The van der Waals surface area contributed by atoms with Gasteiger partial charge < -0.3 is 9.88 Å². The van der Waals surface area contributed by atoms with Gasteiger partial charge in [-0.15, -0.1) is 0 Å². The fraction of sp³-hybridized carbons (Fsp3) is 0.100. The Kier molecular flexibility index (Phi) is 5.45. The fourth-order valence-corrected chi connectivity index (χ4v) is 3.00. The second-order valence-corrected chi connectivity index (χ2v) is 6.73. The minimum atomic E-state index is -0.354. The van der Waals surface area contributed by atoms with Gasteiger partial charge in [-0.2, -0.15) is 0 Å². The number of hydrogen-bond acceptors (Lipinski definition) is 2. The summed E-state index contributed by atoms with van der Waals surface area (Å²) < 4.78 is 1.51. The molecule has 0 atom stereocenters. The van der Waals surface area contributed by atoms with E-state index in [1.54, 1.807) is 24.4 Å². The molecule has 0 aliphatic heterocycles. The molecule has 2 aromatic carbocycles. The van der Waals surface area contributed by atoms with E-state index in [0.717, 1.165) is 11.1 Å². The standard InChI is InChI=1S/C20H16Cl2N2O2/c1-13-4-2-3-5-14(13)11-24-12-15(6-9-19(24)25)20(26)23-18-8-7-16(21)10-17(18)22/h2-10,12H,11H2,1H3,(H,23,26). The third kappa shape index (κ3) is 4.15. The van der Waals surface area contributed by atoms with Crippen molar-refractivity contribution in [2.75, 3.05) is 5.32 Å². The van der Waals surface area contributed by atoms with Gasteiger partial charge in [0.05, 0.1) is 22.8 Å². The number of pyridine rings is 1. The fourth-order valence-electron chi connectivity index (χ4n) is 2.55. The van der Waals surface area contributed by atoms with Crippen LogP contribution < -0.4 is 10.9 Å². The number of nitrogens with zero attached hydrogens (tertiary/aromatic N) is 1. The Morgan fingerprint density at radius 1 is 1.08 bits per heavy atom. The zero-order valence-electron chi connectivity index (χ0n) is 14.0. The second-order valence-electron chi connectivity index (χ2n) is 5.89. The predicted molar refractivity (Wildman–Crippen MR) is 105 cm³/mol. The van der Waals surface area contributed by atoms with Gasteiger partial charge in [0.25, 0.3) is 11.5 Å². The van der Waals surface area contributed by atoms with E-state index >= 15 is 0 Å². The molecule has 3 rings (SSSR count). The van der Waals surface area contributed by atoms with E-state index in [4.69, 9.17) is 23.2 Å². The van der Waals surface area contributed by atoms with E-state index < -0.39 is 0 Å². The molecule has 0 bridgehead atoms. The van der Waals surface area contributed by atoms with Crippen molar-refractivity contribution in [1.29, 1.82) is 0 Å². The largest absolute Gasteiger partial charge is 0.321 e. The van der Waals surface area contributed by atoms with Crippen LogP contribution in [0, 0.1) is 6.92 Å². The number of hydrogen-bond donors (Lipinski definition) is 1. The predicted octanol–water partition coefficient (Wildman–Crippen LogP) is 4.76. The Labute approximate surface area is 161 Å². The van der Waals surface area contributed by atoms with Gasteiger partial charge in [-0.1, -0.05) is 47.5 Å². The average molecular weight is 387 g/mol. The van der Waals surface area contributed by atoms with E-state index in [1.165, 1.54) is 16.7 Å². The maximum atomic E-state index is 12.5. The summed E-state index contributed by atoms with van der Waals surface area (Å²) in [7, 11) is 0. The van der Waals surface area contributed by atoms with Crippen molar-refractivity contribution < 1.29 is 4.79 Å². The van der Waals surface area contributed by atoms with Gasteiger partial charge in [0, 0.05) is 17.3 Å². The molecule has 1 N–H and O–H groups in total. The Balaban J connectivity index is 1.86. The number of carbonyl (C=O) groups is 1. The van der Waals surface area contributed by atoms with Crippen molar-refractivity contribution >= 4 is 34.8 Å². The third-order valence-corrected chi connectivity index (χ3v) is 4.57. The molecule has 1 aromatic heterocycles. The lowest BCUT2D eigenvalue weighted by molar-refractivity contribution is 0.102. The van der Waals surface area contributed by atoms with Crippen LogP contribution in [0.2, 0.25) is 10.0 Å². The first kappa shape index (κ1) is 18.2. The average Bonchev–Trinajstić information content (AvgIpc) is 2.61.